The lowest BCUT2D eigenvalue weighted by molar-refractivity contribution is 0.295. The lowest BCUT2D eigenvalue weighted by Gasteiger charge is -2.19. The molecule has 18 heavy (non-hydrogen) atoms. The Bertz CT molecular complexity index is 533. The van der Waals surface area contributed by atoms with E-state index in [0.29, 0.717) is 5.13 Å². The molecule has 0 radical (unpaired) electrons. The maximum Gasteiger partial charge on any atom is 0.181 e. The summed E-state index contributed by atoms with van der Waals surface area (Å²) in [5.74, 6) is 0. The first-order valence-electron chi connectivity index (χ1n) is 6.21. The minimum Gasteiger partial charge on any atom is -0.375 e. The van der Waals surface area contributed by atoms with Crippen LogP contribution in [0.3, 0.4) is 0 Å². The second kappa shape index (κ2) is 5.98. The van der Waals surface area contributed by atoms with Gasteiger partial charge in [-0.15, -0.1) is 6.58 Å². The highest BCUT2D eigenvalue weighted by Crippen LogP contribution is 2.25. The average Bonchev–Trinajstić information content (AvgIpc) is 2.69. The van der Waals surface area contributed by atoms with Crippen LogP contribution in [0.5, 0.6) is 0 Å². The third-order valence-electron chi connectivity index (χ3n) is 2.80. The zero-order valence-corrected chi connectivity index (χ0v) is 11.5. The van der Waals surface area contributed by atoms with Gasteiger partial charge >= 0.3 is 0 Å². The zero-order valence-electron chi connectivity index (χ0n) is 10.7. The Morgan fingerprint density at radius 3 is 3.06 bits per heavy atom. The fraction of sp³-hybridized carbons (Fsp3) is 0.357. The summed E-state index contributed by atoms with van der Waals surface area (Å²) in [4.78, 5) is 6.66. The van der Waals surface area contributed by atoms with Crippen LogP contribution in [0.25, 0.3) is 10.2 Å². The van der Waals surface area contributed by atoms with E-state index in [4.69, 9.17) is 5.73 Å². The second-order valence-electron chi connectivity index (χ2n) is 4.38. The number of nitrogens with two attached hydrogens (primary N) is 1. The van der Waals surface area contributed by atoms with Crippen LogP contribution in [0.4, 0.5) is 5.13 Å². The van der Waals surface area contributed by atoms with Gasteiger partial charge in [0.1, 0.15) is 0 Å². The van der Waals surface area contributed by atoms with Gasteiger partial charge in [0.05, 0.1) is 10.2 Å². The molecule has 0 atom stereocenters. The molecule has 96 valence electrons. The van der Waals surface area contributed by atoms with E-state index in [1.54, 1.807) is 11.3 Å². The molecule has 1 aromatic carbocycles. The van der Waals surface area contributed by atoms with Crippen LogP contribution >= 0.6 is 11.3 Å². The number of thiazole rings is 1. The summed E-state index contributed by atoms with van der Waals surface area (Å²) in [6.45, 7) is 8.98. The van der Waals surface area contributed by atoms with E-state index < -0.39 is 0 Å². The molecule has 0 spiro atoms. The van der Waals surface area contributed by atoms with Gasteiger partial charge in [0.15, 0.2) is 5.13 Å². The highest BCUT2D eigenvalue weighted by Gasteiger charge is 2.06. The molecule has 0 aliphatic heterocycles. The molecule has 0 bridgehead atoms. The summed E-state index contributed by atoms with van der Waals surface area (Å²) in [6, 6.07) is 6.37. The summed E-state index contributed by atoms with van der Waals surface area (Å²) >= 11 is 1.55. The maximum absolute atomic E-state index is 5.72. The number of rotatable bonds is 6. The molecule has 3 nitrogen and oxygen atoms in total. The molecule has 0 saturated heterocycles. The van der Waals surface area contributed by atoms with Gasteiger partial charge in [-0.25, -0.2) is 4.98 Å². The maximum atomic E-state index is 5.72. The first-order valence-corrected chi connectivity index (χ1v) is 7.02. The fourth-order valence-corrected chi connectivity index (χ4v) is 2.87. The van der Waals surface area contributed by atoms with Gasteiger partial charge in [-0.1, -0.05) is 30.4 Å². The van der Waals surface area contributed by atoms with Crippen molar-refractivity contribution in [3.8, 4) is 0 Å². The van der Waals surface area contributed by atoms with Crippen LogP contribution in [0.2, 0.25) is 0 Å². The predicted molar refractivity (Wildman–Crippen MR) is 79.8 cm³/mol. The molecule has 0 unspecified atom stereocenters. The minimum atomic E-state index is 0.638. The number of nitrogens with zero attached hydrogens (tertiary/aromatic N) is 2. The van der Waals surface area contributed by atoms with Gasteiger partial charge < -0.3 is 5.73 Å². The van der Waals surface area contributed by atoms with Crippen molar-refractivity contribution in [1.29, 1.82) is 0 Å². The van der Waals surface area contributed by atoms with Gasteiger partial charge in [0.2, 0.25) is 0 Å². The first-order chi connectivity index (χ1) is 8.72. The topological polar surface area (TPSA) is 42.2 Å². The highest BCUT2D eigenvalue weighted by atomic mass is 32.1. The molecule has 0 amide bonds. The van der Waals surface area contributed by atoms with Crippen molar-refractivity contribution in [1.82, 2.24) is 9.88 Å². The standard InChI is InChI=1S/C14H19N3S/c1-3-7-17(8-4-2)10-11-5-6-12-13(9-11)18-14(15)16-12/h3,5-6,9H,1,4,7-8,10H2,2H3,(H2,15,16). The van der Waals surface area contributed by atoms with Crippen molar-refractivity contribution in [2.45, 2.75) is 19.9 Å². The number of benzene rings is 1. The number of nitrogen functional groups attached to an aromatic ring is 1. The molecule has 2 N–H and O–H groups in total. The number of aromatic nitrogens is 1. The first kappa shape index (κ1) is 13.1. The number of anilines is 1. The fourth-order valence-electron chi connectivity index (χ4n) is 2.08. The Morgan fingerprint density at radius 1 is 1.50 bits per heavy atom. The van der Waals surface area contributed by atoms with E-state index in [-0.39, 0.29) is 0 Å². The molecule has 0 fully saturated rings. The van der Waals surface area contributed by atoms with Gasteiger partial charge in [0, 0.05) is 13.1 Å². The van der Waals surface area contributed by atoms with Crippen molar-refractivity contribution in [3.05, 3.63) is 36.4 Å². The predicted octanol–water partition coefficient (Wildman–Crippen LogP) is 3.28. The lowest BCUT2D eigenvalue weighted by atomic mass is 10.2. The van der Waals surface area contributed by atoms with E-state index in [1.165, 1.54) is 10.3 Å². The summed E-state index contributed by atoms with van der Waals surface area (Å²) in [5.41, 5.74) is 8.02. The summed E-state index contributed by atoms with van der Waals surface area (Å²) in [7, 11) is 0. The summed E-state index contributed by atoms with van der Waals surface area (Å²) in [5, 5.41) is 0.638. The van der Waals surface area contributed by atoms with Crippen molar-refractivity contribution in [2.24, 2.45) is 0 Å². The molecule has 0 saturated carbocycles. The number of fused-ring (bicyclic) bond motifs is 1. The Kier molecular flexibility index (Phi) is 4.33. The molecule has 2 rings (SSSR count). The van der Waals surface area contributed by atoms with Gasteiger partial charge in [0.25, 0.3) is 0 Å². The monoisotopic (exact) mass is 261 g/mol. The van der Waals surface area contributed by atoms with Gasteiger partial charge in [-0.05, 0) is 30.7 Å². The lowest BCUT2D eigenvalue weighted by Crippen LogP contribution is -2.23. The van der Waals surface area contributed by atoms with Crippen LogP contribution in [0, 0.1) is 0 Å². The third-order valence-corrected chi connectivity index (χ3v) is 3.65. The smallest absolute Gasteiger partial charge is 0.181 e. The molecule has 0 aliphatic carbocycles. The van der Waals surface area contributed by atoms with Crippen LogP contribution in [-0.2, 0) is 6.54 Å². The summed E-state index contributed by atoms with van der Waals surface area (Å²) < 4.78 is 1.17. The van der Waals surface area contributed by atoms with Crippen molar-refractivity contribution < 1.29 is 0 Å². The van der Waals surface area contributed by atoms with E-state index in [1.807, 2.05) is 6.08 Å². The van der Waals surface area contributed by atoms with Crippen LogP contribution < -0.4 is 5.73 Å². The molecular formula is C14H19N3S. The van der Waals surface area contributed by atoms with E-state index in [0.717, 1.165) is 31.6 Å². The molecule has 1 heterocycles. The Balaban J connectivity index is 2.16. The zero-order chi connectivity index (χ0) is 13.0. The quantitative estimate of drug-likeness (QED) is 0.811. The van der Waals surface area contributed by atoms with Crippen LogP contribution in [0.15, 0.2) is 30.9 Å². The third kappa shape index (κ3) is 3.09. The Labute approximate surface area is 112 Å². The largest absolute Gasteiger partial charge is 0.375 e. The highest BCUT2D eigenvalue weighted by molar-refractivity contribution is 7.22. The molecule has 4 heteroatoms. The molecule has 0 aliphatic rings. The van der Waals surface area contributed by atoms with Crippen molar-refractivity contribution >= 4 is 26.7 Å². The molecule has 2 aromatic rings. The van der Waals surface area contributed by atoms with Crippen molar-refractivity contribution in [2.75, 3.05) is 18.8 Å². The normalized spacial score (nSPS) is 11.2. The van der Waals surface area contributed by atoms with Crippen molar-refractivity contribution in [3.63, 3.8) is 0 Å². The molecular weight excluding hydrogens is 242 g/mol. The van der Waals surface area contributed by atoms with E-state index in [9.17, 15) is 0 Å². The Hall–Kier alpha value is -1.39. The average molecular weight is 261 g/mol. The van der Waals surface area contributed by atoms with E-state index in [2.05, 4.69) is 41.6 Å². The number of hydrogen-bond donors (Lipinski definition) is 1. The van der Waals surface area contributed by atoms with Crippen LogP contribution in [0.1, 0.15) is 18.9 Å². The molecule has 1 aromatic heterocycles. The van der Waals surface area contributed by atoms with E-state index >= 15 is 0 Å². The van der Waals surface area contributed by atoms with Gasteiger partial charge in [-0.2, -0.15) is 0 Å². The summed E-state index contributed by atoms with van der Waals surface area (Å²) in [6.07, 6.45) is 3.11. The second-order valence-corrected chi connectivity index (χ2v) is 5.44. The number of hydrogen-bond acceptors (Lipinski definition) is 4. The van der Waals surface area contributed by atoms with Crippen LogP contribution in [-0.4, -0.2) is 23.0 Å². The SMILES string of the molecule is C=CCN(CCC)Cc1ccc2nc(N)sc2c1. The van der Waals surface area contributed by atoms with Gasteiger partial charge in [-0.3, -0.25) is 4.90 Å². The Morgan fingerprint density at radius 2 is 2.33 bits per heavy atom. The minimum absolute atomic E-state index is 0.638.